The number of esters is 1. The molecule has 9 heteroatoms. The minimum atomic E-state index is -1.26. The van der Waals surface area contributed by atoms with E-state index < -0.39 is 35.5 Å². The molecule has 0 aliphatic carbocycles. The summed E-state index contributed by atoms with van der Waals surface area (Å²) < 4.78 is 10.1. The van der Waals surface area contributed by atoms with Gasteiger partial charge in [0.1, 0.15) is 6.04 Å². The molecule has 0 bridgehead atoms. The van der Waals surface area contributed by atoms with Crippen LogP contribution < -0.4 is 5.32 Å². The molecule has 0 fully saturated rings. The molecule has 0 unspecified atom stereocenters. The number of hydrogen-bond acceptors (Lipinski definition) is 7. The van der Waals surface area contributed by atoms with Gasteiger partial charge in [0.25, 0.3) is 6.29 Å². The van der Waals surface area contributed by atoms with E-state index in [9.17, 15) is 19.2 Å². The zero-order valence-electron chi connectivity index (χ0n) is 13.8. The van der Waals surface area contributed by atoms with Gasteiger partial charge in [-0.1, -0.05) is 27.7 Å². The van der Waals surface area contributed by atoms with Crippen LogP contribution in [0.5, 0.6) is 0 Å². The second-order valence-corrected chi connectivity index (χ2v) is 6.43. The molecule has 0 aromatic rings. The zero-order valence-corrected chi connectivity index (χ0v) is 14.6. The van der Waals surface area contributed by atoms with Gasteiger partial charge in [-0.25, -0.2) is 9.59 Å². The Hall–Kier alpha value is -1.77. The number of thioether (sulfide) groups is 1. The van der Waals surface area contributed by atoms with Gasteiger partial charge in [0.15, 0.2) is 0 Å². The summed E-state index contributed by atoms with van der Waals surface area (Å²) in [5, 5.41) is 10.4. The van der Waals surface area contributed by atoms with Crippen molar-refractivity contribution < 1.29 is 33.8 Å². The first-order valence-electron chi connectivity index (χ1n) is 7.08. The predicted octanol–water partition coefficient (Wildman–Crippen LogP) is 1.63. The van der Waals surface area contributed by atoms with E-state index in [0.717, 1.165) is 0 Å². The quantitative estimate of drug-likeness (QED) is 0.501. The number of nitrogens with one attached hydrogen (secondary N) is 1. The van der Waals surface area contributed by atoms with Crippen LogP contribution in [-0.2, 0) is 23.9 Å². The Kier molecular flexibility index (Phi) is 9.31. The van der Waals surface area contributed by atoms with Crippen molar-refractivity contribution in [2.75, 3.05) is 5.75 Å². The lowest BCUT2D eigenvalue weighted by Gasteiger charge is -2.22. The van der Waals surface area contributed by atoms with Crippen LogP contribution in [-0.4, -0.2) is 46.3 Å². The summed E-state index contributed by atoms with van der Waals surface area (Å²) in [5.74, 6) is -3.09. The van der Waals surface area contributed by atoms with E-state index >= 15 is 0 Å². The third-order valence-corrected chi connectivity index (χ3v) is 3.34. The van der Waals surface area contributed by atoms with Crippen molar-refractivity contribution in [1.82, 2.24) is 5.32 Å². The molecular formula is C14H23NO7S. The van der Waals surface area contributed by atoms with Crippen LogP contribution in [0.25, 0.3) is 0 Å². The highest BCUT2D eigenvalue weighted by molar-refractivity contribution is 8.13. The number of aliphatic carboxylic acids is 1. The number of amides is 1. The van der Waals surface area contributed by atoms with Crippen LogP contribution in [0.15, 0.2) is 0 Å². The first-order chi connectivity index (χ1) is 10.5. The Morgan fingerprint density at radius 1 is 1.09 bits per heavy atom. The van der Waals surface area contributed by atoms with Crippen molar-refractivity contribution in [3.05, 3.63) is 0 Å². The molecule has 8 nitrogen and oxygen atoms in total. The molecule has 2 atom stereocenters. The summed E-state index contributed by atoms with van der Waals surface area (Å²) in [7, 11) is 0. The molecule has 0 saturated heterocycles. The van der Waals surface area contributed by atoms with Crippen molar-refractivity contribution in [3.63, 3.8) is 0 Å². The molecule has 0 spiro atoms. The largest absolute Gasteiger partial charge is 0.480 e. The van der Waals surface area contributed by atoms with Crippen LogP contribution in [0.3, 0.4) is 0 Å². The summed E-state index contributed by atoms with van der Waals surface area (Å²) in [6, 6.07) is -1.21. The minimum absolute atomic E-state index is 0.198. The van der Waals surface area contributed by atoms with Crippen LogP contribution in [0.1, 0.15) is 34.6 Å². The molecule has 0 aromatic carbocycles. The fourth-order valence-electron chi connectivity index (χ4n) is 1.25. The average Bonchev–Trinajstić information content (AvgIpc) is 2.41. The smallest absolute Gasteiger partial charge is 0.370 e. The van der Waals surface area contributed by atoms with Crippen molar-refractivity contribution >= 4 is 34.9 Å². The van der Waals surface area contributed by atoms with Gasteiger partial charge < -0.3 is 19.9 Å². The fourth-order valence-corrected chi connectivity index (χ4v) is 1.94. The minimum Gasteiger partial charge on any atom is -0.480 e. The van der Waals surface area contributed by atoms with E-state index in [0.29, 0.717) is 11.8 Å². The number of carboxylic acids is 1. The molecule has 0 radical (unpaired) electrons. The van der Waals surface area contributed by atoms with Crippen LogP contribution >= 0.6 is 11.8 Å². The number of ether oxygens (including phenoxy) is 2. The van der Waals surface area contributed by atoms with Gasteiger partial charge >= 0.3 is 17.2 Å². The molecule has 0 rings (SSSR count). The molecule has 1 amide bonds. The molecule has 0 saturated carbocycles. The number of hydrogen-bond donors (Lipinski definition) is 2. The van der Waals surface area contributed by atoms with Crippen LogP contribution in [0.2, 0.25) is 0 Å². The molecule has 0 aliphatic heterocycles. The summed E-state index contributed by atoms with van der Waals surface area (Å²) in [6.07, 6.45) is -1.05. The maximum absolute atomic E-state index is 11.8. The molecule has 2 N–H and O–H groups in total. The molecular weight excluding hydrogens is 326 g/mol. The van der Waals surface area contributed by atoms with Gasteiger partial charge in [0.05, 0.1) is 5.92 Å². The Morgan fingerprint density at radius 2 is 1.65 bits per heavy atom. The van der Waals surface area contributed by atoms with Crippen molar-refractivity contribution in [3.8, 4) is 0 Å². The number of carboxylic acid groups (broad SMARTS) is 1. The van der Waals surface area contributed by atoms with Gasteiger partial charge in [-0.05, 0) is 11.8 Å². The van der Waals surface area contributed by atoms with Gasteiger partial charge in [0, 0.05) is 18.6 Å². The Labute approximate surface area is 139 Å². The second-order valence-electron chi connectivity index (χ2n) is 5.47. The summed E-state index contributed by atoms with van der Waals surface area (Å²) in [6.45, 7) is 7.92. The maximum Gasteiger partial charge on any atom is 0.370 e. The highest BCUT2D eigenvalue weighted by atomic mass is 32.2. The topological polar surface area (TPSA) is 119 Å². The summed E-state index contributed by atoms with van der Waals surface area (Å²) in [4.78, 5) is 45.2. The highest BCUT2D eigenvalue weighted by Gasteiger charge is 2.26. The highest BCUT2D eigenvalue weighted by Crippen LogP contribution is 2.16. The number of carbonyl (C=O) groups excluding carboxylic acids is 3. The fraction of sp³-hybridized carbons (Fsp3) is 0.714. The molecule has 0 aromatic heterocycles. The third kappa shape index (κ3) is 9.07. The molecule has 0 aliphatic rings. The van der Waals surface area contributed by atoms with Gasteiger partial charge in [-0.15, -0.1) is 0 Å². The van der Waals surface area contributed by atoms with Crippen LogP contribution in [0.4, 0.5) is 4.79 Å². The van der Waals surface area contributed by atoms with E-state index in [1.165, 1.54) is 6.92 Å². The SMILES string of the molecule is CC(=O)N[C@@H](CSC(=O)O[C@@H](OC(=O)C(C)C)C(C)C)C(=O)O. The summed E-state index contributed by atoms with van der Waals surface area (Å²) in [5.41, 5.74) is 0. The zero-order chi connectivity index (χ0) is 18.2. The molecule has 23 heavy (non-hydrogen) atoms. The van der Waals surface area contributed by atoms with E-state index in [4.69, 9.17) is 14.6 Å². The van der Waals surface area contributed by atoms with Crippen LogP contribution in [0, 0.1) is 11.8 Å². The lowest BCUT2D eigenvalue weighted by atomic mass is 10.2. The predicted molar refractivity (Wildman–Crippen MR) is 83.7 cm³/mol. The van der Waals surface area contributed by atoms with E-state index in [1.807, 2.05) is 0 Å². The van der Waals surface area contributed by atoms with Crippen molar-refractivity contribution in [2.24, 2.45) is 11.8 Å². The monoisotopic (exact) mass is 349 g/mol. The Morgan fingerprint density at radius 3 is 2.04 bits per heavy atom. The van der Waals surface area contributed by atoms with Crippen molar-refractivity contribution in [1.29, 1.82) is 0 Å². The standard InChI is InChI=1S/C14H23NO7S/c1-7(2)12(19)21-13(8(3)4)22-14(20)23-6-10(11(17)18)15-9(5)16/h7-8,10,13H,6H2,1-5H3,(H,15,16)(H,17,18)/t10-,13+/m0/s1. The maximum atomic E-state index is 11.8. The lowest BCUT2D eigenvalue weighted by Crippen LogP contribution is -2.41. The van der Waals surface area contributed by atoms with Gasteiger partial charge in [-0.3, -0.25) is 9.59 Å². The normalized spacial score (nSPS) is 13.3. The van der Waals surface area contributed by atoms with Crippen molar-refractivity contribution in [2.45, 2.75) is 47.0 Å². The average molecular weight is 349 g/mol. The Balaban J connectivity index is 4.55. The number of carbonyl (C=O) groups is 4. The Bertz CT molecular complexity index is 450. The number of rotatable bonds is 8. The van der Waals surface area contributed by atoms with E-state index in [-0.39, 0.29) is 17.6 Å². The van der Waals surface area contributed by atoms with Gasteiger partial charge in [-0.2, -0.15) is 0 Å². The molecule has 132 valence electrons. The first-order valence-corrected chi connectivity index (χ1v) is 8.07. The first kappa shape index (κ1) is 21.2. The van der Waals surface area contributed by atoms with E-state index in [1.54, 1.807) is 27.7 Å². The van der Waals surface area contributed by atoms with E-state index in [2.05, 4.69) is 5.32 Å². The third-order valence-electron chi connectivity index (χ3n) is 2.50. The lowest BCUT2D eigenvalue weighted by molar-refractivity contribution is -0.177. The summed E-state index contributed by atoms with van der Waals surface area (Å²) >= 11 is 0.588. The van der Waals surface area contributed by atoms with Gasteiger partial charge in [0.2, 0.25) is 5.91 Å². The second kappa shape index (κ2) is 10.1. The molecule has 0 heterocycles.